The van der Waals surface area contributed by atoms with E-state index < -0.39 is 5.91 Å². The number of amides is 1. The molecule has 21 heavy (non-hydrogen) atoms. The molecule has 6 nitrogen and oxygen atoms in total. The van der Waals surface area contributed by atoms with E-state index in [1.165, 1.54) is 0 Å². The van der Waals surface area contributed by atoms with Crippen LogP contribution in [0, 0.1) is 0 Å². The zero-order chi connectivity index (χ0) is 14.8. The number of hydrogen-bond acceptors (Lipinski definition) is 5. The second-order valence-corrected chi connectivity index (χ2v) is 4.42. The molecule has 0 atom stereocenters. The average Bonchev–Trinajstić information content (AvgIpc) is 2.89. The molecule has 3 rings (SSSR count). The van der Waals surface area contributed by atoms with E-state index in [0.29, 0.717) is 22.4 Å². The van der Waals surface area contributed by atoms with Crippen molar-refractivity contribution in [1.29, 1.82) is 0 Å². The van der Waals surface area contributed by atoms with Crippen molar-refractivity contribution in [3.05, 3.63) is 54.4 Å². The minimum Gasteiger partial charge on any atom is -0.367 e. The van der Waals surface area contributed by atoms with E-state index in [-0.39, 0.29) is 5.88 Å². The zero-order valence-electron chi connectivity index (χ0n) is 11.0. The molecule has 0 unspecified atom stereocenters. The lowest BCUT2D eigenvalue weighted by atomic mass is 9.96. The third kappa shape index (κ3) is 2.23. The van der Waals surface area contributed by atoms with Gasteiger partial charge in [0.1, 0.15) is 5.69 Å². The fourth-order valence-corrected chi connectivity index (χ4v) is 2.19. The van der Waals surface area contributed by atoms with Crippen LogP contribution in [0.15, 0.2) is 53.3 Å². The van der Waals surface area contributed by atoms with Crippen LogP contribution in [-0.4, -0.2) is 16.0 Å². The van der Waals surface area contributed by atoms with Gasteiger partial charge < -0.3 is 16.0 Å². The van der Waals surface area contributed by atoms with Crippen molar-refractivity contribution in [1.82, 2.24) is 10.1 Å². The number of carbonyl (C=O) groups excluding carboxylic acids is 1. The Balaban J connectivity index is 2.25. The van der Waals surface area contributed by atoms with E-state index >= 15 is 0 Å². The van der Waals surface area contributed by atoms with E-state index in [1.54, 1.807) is 48.8 Å². The maximum atomic E-state index is 11.6. The molecule has 4 N–H and O–H groups in total. The molecule has 1 amide bonds. The maximum Gasteiger partial charge on any atom is 0.249 e. The Kier molecular flexibility index (Phi) is 3.12. The topological polar surface area (TPSA) is 108 Å². The normalized spacial score (nSPS) is 10.5. The van der Waals surface area contributed by atoms with E-state index in [0.717, 1.165) is 5.56 Å². The van der Waals surface area contributed by atoms with Crippen LogP contribution in [0.1, 0.15) is 10.4 Å². The average molecular weight is 280 g/mol. The van der Waals surface area contributed by atoms with Crippen LogP contribution in [0.4, 0.5) is 5.88 Å². The Morgan fingerprint density at radius 1 is 1.10 bits per heavy atom. The van der Waals surface area contributed by atoms with E-state index in [1.807, 2.05) is 0 Å². The van der Waals surface area contributed by atoms with Gasteiger partial charge in [0, 0.05) is 29.1 Å². The molecular formula is C15H12N4O2. The summed E-state index contributed by atoms with van der Waals surface area (Å²) in [5.74, 6) is -0.401. The van der Waals surface area contributed by atoms with Crippen LogP contribution >= 0.6 is 0 Å². The van der Waals surface area contributed by atoms with Crippen molar-refractivity contribution >= 4 is 11.8 Å². The van der Waals surface area contributed by atoms with E-state index in [9.17, 15) is 4.79 Å². The van der Waals surface area contributed by atoms with Gasteiger partial charge in [-0.2, -0.15) is 0 Å². The van der Waals surface area contributed by atoms with Crippen molar-refractivity contribution in [3.63, 3.8) is 0 Å². The second-order valence-electron chi connectivity index (χ2n) is 4.42. The molecule has 0 spiro atoms. The minimum atomic E-state index is -0.535. The molecule has 3 aromatic rings. The Morgan fingerprint density at radius 2 is 1.81 bits per heavy atom. The number of pyridine rings is 1. The van der Waals surface area contributed by atoms with Crippen LogP contribution < -0.4 is 11.5 Å². The van der Waals surface area contributed by atoms with Crippen molar-refractivity contribution in [3.8, 4) is 22.4 Å². The molecular weight excluding hydrogens is 268 g/mol. The van der Waals surface area contributed by atoms with Gasteiger partial charge in [0.05, 0.1) is 5.56 Å². The fourth-order valence-electron chi connectivity index (χ4n) is 2.19. The largest absolute Gasteiger partial charge is 0.367 e. The number of rotatable bonds is 3. The van der Waals surface area contributed by atoms with Gasteiger partial charge in [0.15, 0.2) is 0 Å². The highest BCUT2D eigenvalue weighted by atomic mass is 16.5. The Bertz CT molecular complexity index is 796. The number of anilines is 1. The molecule has 0 radical (unpaired) electrons. The standard InChI is InChI=1S/C15H12N4O2/c16-14(20)11-4-2-1-3-10(11)12-13(19-21-15(12)17)9-5-7-18-8-6-9/h1-8H,17H2,(H2,16,20). The summed E-state index contributed by atoms with van der Waals surface area (Å²) < 4.78 is 5.09. The molecule has 0 saturated carbocycles. The summed E-state index contributed by atoms with van der Waals surface area (Å²) in [5, 5.41) is 3.98. The Hall–Kier alpha value is -3.15. The summed E-state index contributed by atoms with van der Waals surface area (Å²) in [6.07, 6.45) is 3.29. The number of nitrogens with zero attached hydrogens (tertiary/aromatic N) is 2. The Morgan fingerprint density at radius 3 is 2.52 bits per heavy atom. The van der Waals surface area contributed by atoms with Gasteiger partial charge in [-0.15, -0.1) is 0 Å². The van der Waals surface area contributed by atoms with Gasteiger partial charge in [-0.3, -0.25) is 9.78 Å². The number of primary amides is 1. The highest BCUT2D eigenvalue weighted by Crippen LogP contribution is 2.37. The van der Waals surface area contributed by atoms with Crippen LogP contribution in [0.25, 0.3) is 22.4 Å². The van der Waals surface area contributed by atoms with Crippen LogP contribution in [0.2, 0.25) is 0 Å². The monoisotopic (exact) mass is 280 g/mol. The quantitative estimate of drug-likeness (QED) is 0.763. The van der Waals surface area contributed by atoms with Crippen molar-refractivity contribution in [2.45, 2.75) is 0 Å². The van der Waals surface area contributed by atoms with Crippen molar-refractivity contribution < 1.29 is 9.32 Å². The summed E-state index contributed by atoms with van der Waals surface area (Å²) >= 11 is 0. The predicted molar refractivity (Wildman–Crippen MR) is 78.1 cm³/mol. The molecule has 0 fully saturated rings. The van der Waals surface area contributed by atoms with Crippen LogP contribution in [-0.2, 0) is 0 Å². The first-order valence-corrected chi connectivity index (χ1v) is 6.23. The molecule has 6 heteroatoms. The lowest BCUT2D eigenvalue weighted by Gasteiger charge is -2.07. The summed E-state index contributed by atoms with van der Waals surface area (Å²) in [7, 11) is 0. The van der Waals surface area contributed by atoms with E-state index in [4.69, 9.17) is 16.0 Å². The molecule has 0 bridgehead atoms. The van der Waals surface area contributed by atoms with Gasteiger partial charge in [-0.25, -0.2) is 0 Å². The SMILES string of the molecule is NC(=O)c1ccccc1-c1c(-c2ccncc2)noc1N. The summed E-state index contributed by atoms with van der Waals surface area (Å²) in [6.45, 7) is 0. The second kappa shape index (κ2) is 5.09. The minimum absolute atomic E-state index is 0.135. The number of benzene rings is 1. The highest BCUT2D eigenvalue weighted by Gasteiger charge is 2.21. The highest BCUT2D eigenvalue weighted by molar-refractivity contribution is 6.03. The third-order valence-electron chi connectivity index (χ3n) is 3.13. The fraction of sp³-hybridized carbons (Fsp3) is 0. The summed E-state index contributed by atoms with van der Waals surface area (Å²) in [4.78, 5) is 15.6. The first-order valence-electron chi connectivity index (χ1n) is 6.23. The maximum absolute atomic E-state index is 11.6. The lowest BCUT2D eigenvalue weighted by molar-refractivity contribution is 0.100. The van der Waals surface area contributed by atoms with Crippen LogP contribution in [0.5, 0.6) is 0 Å². The number of hydrogen-bond donors (Lipinski definition) is 2. The van der Waals surface area contributed by atoms with Crippen molar-refractivity contribution in [2.75, 3.05) is 5.73 Å². The van der Waals surface area contributed by atoms with Gasteiger partial charge >= 0.3 is 0 Å². The smallest absolute Gasteiger partial charge is 0.249 e. The van der Waals surface area contributed by atoms with E-state index in [2.05, 4.69) is 10.1 Å². The predicted octanol–water partition coefficient (Wildman–Crippen LogP) is 2.08. The van der Waals surface area contributed by atoms with Crippen molar-refractivity contribution in [2.24, 2.45) is 5.73 Å². The summed E-state index contributed by atoms with van der Waals surface area (Å²) in [6, 6.07) is 10.5. The summed E-state index contributed by atoms with van der Waals surface area (Å²) in [5.41, 5.74) is 14.1. The van der Waals surface area contributed by atoms with Gasteiger partial charge in [0.2, 0.25) is 11.8 Å². The lowest BCUT2D eigenvalue weighted by Crippen LogP contribution is -2.12. The Labute approximate surface area is 120 Å². The molecule has 104 valence electrons. The first kappa shape index (κ1) is 12.9. The molecule has 1 aromatic carbocycles. The number of nitrogen functional groups attached to an aromatic ring is 1. The molecule has 0 aliphatic carbocycles. The molecule has 0 aliphatic heterocycles. The first-order chi connectivity index (χ1) is 10.2. The van der Waals surface area contributed by atoms with Gasteiger partial charge in [-0.1, -0.05) is 23.4 Å². The molecule has 0 saturated heterocycles. The molecule has 0 aliphatic rings. The van der Waals surface area contributed by atoms with Crippen LogP contribution in [0.3, 0.4) is 0 Å². The third-order valence-corrected chi connectivity index (χ3v) is 3.13. The molecule has 2 aromatic heterocycles. The number of aromatic nitrogens is 2. The van der Waals surface area contributed by atoms with Gasteiger partial charge in [-0.05, 0) is 18.2 Å². The number of nitrogens with two attached hydrogens (primary N) is 2. The molecule has 2 heterocycles. The van der Waals surface area contributed by atoms with Gasteiger partial charge in [0.25, 0.3) is 0 Å². The number of carbonyl (C=O) groups is 1. The zero-order valence-corrected chi connectivity index (χ0v) is 11.0.